The highest BCUT2D eigenvalue weighted by Gasteiger charge is 2.52. The first-order chi connectivity index (χ1) is 15.1. The van der Waals surface area contributed by atoms with E-state index < -0.39 is 24.4 Å². The fourth-order valence-corrected chi connectivity index (χ4v) is 3.15. The van der Waals surface area contributed by atoms with Crippen LogP contribution in [0.15, 0.2) is 54.0 Å². The molecule has 32 heavy (non-hydrogen) atoms. The van der Waals surface area contributed by atoms with Crippen molar-refractivity contribution in [2.45, 2.75) is 45.5 Å². The number of nitrogens with two attached hydrogens (primary N) is 1. The van der Waals surface area contributed by atoms with Crippen LogP contribution < -0.4 is 11.1 Å². The summed E-state index contributed by atoms with van der Waals surface area (Å²) in [7, 11) is -0.706. The van der Waals surface area contributed by atoms with Crippen molar-refractivity contribution in [2.75, 3.05) is 12.3 Å². The van der Waals surface area contributed by atoms with Crippen molar-refractivity contribution in [3.8, 4) is 6.07 Å². The molecule has 0 unspecified atom stereocenters. The molecular weight excluding hydrogens is 405 g/mol. The zero-order valence-corrected chi connectivity index (χ0v) is 18.8. The lowest BCUT2D eigenvalue weighted by molar-refractivity contribution is 0.00578. The van der Waals surface area contributed by atoms with Gasteiger partial charge in [0.05, 0.1) is 22.8 Å². The summed E-state index contributed by atoms with van der Waals surface area (Å²) in [4.78, 5) is 12.3. The van der Waals surface area contributed by atoms with Gasteiger partial charge in [0.2, 0.25) is 0 Å². The van der Waals surface area contributed by atoms with Crippen LogP contribution in [0.2, 0.25) is 0 Å². The van der Waals surface area contributed by atoms with Gasteiger partial charge in [0.1, 0.15) is 6.61 Å². The predicted octanol–water partition coefficient (Wildman–Crippen LogP) is 4.08. The highest BCUT2D eigenvalue weighted by atomic mass is 16.7. The Hall–Kier alpha value is -3.28. The lowest BCUT2D eigenvalue weighted by Gasteiger charge is -2.32. The molecule has 2 aromatic rings. The number of carbonyl (C=O) groups excluding carboxylic acids is 1. The van der Waals surface area contributed by atoms with Crippen LogP contribution in [0.5, 0.6) is 0 Å². The molecule has 1 heterocycles. The maximum atomic E-state index is 12.3. The van der Waals surface area contributed by atoms with Gasteiger partial charge in [-0.2, -0.15) is 5.26 Å². The molecule has 1 amide bonds. The fourth-order valence-electron chi connectivity index (χ4n) is 3.15. The number of ether oxygens (including phenoxy) is 1. The highest BCUT2D eigenvalue weighted by molar-refractivity contribution is 6.56. The molecule has 3 N–H and O–H groups in total. The number of nitrogens with zero attached hydrogens (tertiary/aromatic N) is 1. The van der Waals surface area contributed by atoms with Gasteiger partial charge in [0, 0.05) is 12.2 Å². The van der Waals surface area contributed by atoms with E-state index in [0.717, 1.165) is 5.56 Å². The Morgan fingerprint density at radius 3 is 2.44 bits per heavy atom. The molecule has 1 fully saturated rings. The zero-order chi connectivity index (χ0) is 23.4. The van der Waals surface area contributed by atoms with Crippen LogP contribution in [0, 0.1) is 11.3 Å². The Bertz CT molecular complexity index is 1030. The SMILES string of the molecule is CC1(C)OB(C(=Cc2cc(N)ccc2C#N)CNC(=O)OCc2ccccc2)OC1(C)C. The Kier molecular flexibility index (Phi) is 6.92. The van der Waals surface area contributed by atoms with Crippen LogP contribution in [0.25, 0.3) is 6.08 Å². The average molecular weight is 433 g/mol. The molecule has 0 radical (unpaired) electrons. The van der Waals surface area contributed by atoms with Crippen LogP contribution >= 0.6 is 0 Å². The van der Waals surface area contributed by atoms with E-state index in [1.165, 1.54) is 0 Å². The number of hydrogen-bond donors (Lipinski definition) is 2. The molecule has 0 saturated carbocycles. The van der Waals surface area contributed by atoms with Gasteiger partial charge in [-0.1, -0.05) is 36.4 Å². The number of carbonyl (C=O) groups is 1. The number of amides is 1. The summed E-state index contributed by atoms with van der Waals surface area (Å²) in [6.45, 7) is 8.08. The molecule has 1 saturated heterocycles. The number of nitrogens with one attached hydrogen (secondary N) is 1. The van der Waals surface area contributed by atoms with Crippen molar-refractivity contribution in [2.24, 2.45) is 0 Å². The number of rotatable bonds is 6. The van der Waals surface area contributed by atoms with Crippen molar-refractivity contribution in [3.63, 3.8) is 0 Å². The van der Waals surface area contributed by atoms with E-state index in [1.54, 1.807) is 24.3 Å². The summed E-state index contributed by atoms with van der Waals surface area (Å²) >= 11 is 0. The third-order valence-corrected chi connectivity index (χ3v) is 5.74. The standard InChI is InChI=1S/C24H28BN3O4/c1-23(2)24(3,4)32-25(31-23)20(12-19-13-21(27)11-10-18(19)14-26)15-28-22(29)30-16-17-8-6-5-7-9-17/h5-13H,15-16,27H2,1-4H3,(H,28,29). The Morgan fingerprint density at radius 1 is 1.16 bits per heavy atom. The summed E-state index contributed by atoms with van der Waals surface area (Å²) < 4.78 is 17.6. The van der Waals surface area contributed by atoms with Crippen molar-refractivity contribution in [1.29, 1.82) is 5.26 Å². The molecule has 0 aliphatic carbocycles. The summed E-state index contributed by atoms with van der Waals surface area (Å²) in [6, 6.07) is 16.6. The third kappa shape index (κ3) is 5.50. The van der Waals surface area contributed by atoms with E-state index in [-0.39, 0.29) is 13.2 Å². The summed E-state index contributed by atoms with van der Waals surface area (Å²) in [6.07, 6.45) is 1.21. The molecular formula is C24H28BN3O4. The summed E-state index contributed by atoms with van der Waals surface area (Å²) in [5.41, 5.74) is 7.95. The maximum absolute atomic E-state index is 12.3. The van der Waals surface area contributed by atoms with Crippen molar-refractivity contribution >= 4 is 25.0 Å². The van der Waals surface area contributed by atoms with E-state index >= 15 is 0 Å². The third-order valence-electron chi connectivity index (χ3n) is 5.74. The van der Waals surface area contributed by atoms with E-state index in [1.807, 2.05) is 58.0 Å². The monoisotopic (exact) mass is 433 g/mol. The molecule has 0 bridgehead atoms. The molecule has 0 aromatic heterocycles. The summed E-state index contributed by atoms with van der Waals surface area (Å²) in [5, 5.41) is 12.2. The van der Waals surface area contributed by atoms with Gasteiger partial charge in [0.15, 0.2) is 0 Å². The molecule has 166 valence electrons. The smallest absolute Gasteiger partial charge is 0.445 e. The minimum Gasteiger partial charge on any atom is -0.445 e. The Balaban J connectivity index is 1.79. The van der Waals surface area contributed by atoms with Gasteiger partial charge in [-0.05, 0) is 62.5 Å². The lowest BCUT2D eigenvalue weighted by Crippen LogP contribution is -2.41. The molecule has 3 rings (SSSR count). The number of nitriles is 1. The van der Waals surface area contributed by atoms with E-state index in [9.17, 15) is 10.1 Å². The van der Waals surface area contributed by atoms with Gasteiger partial charge >= 0.3 is 13.2 Å². The minimum atomic E-state index is -0.706. The Labute approximate surface area is 189 Å². The van der Waals surface area contributed by atoms with Crippen LogP contribution in [-0.4, -0.2) is 31.0 Å². The van der Waals surface area contributed by atoms with Crippen LogP contribution in [0.4, 0.5) is 10.5 Å². The second-order valence-electron chi connectivity index (χ2n) is 8.68. The maximum Gasteiger partial charge on any atom is 0.492 e. The number of hydrogen-bond acceptors (Lipinski definition) is 6. The van der Waals surface area contributed by atoms with Gasteiger partial charge in [-0.3, -0.25) is 0 Å². The van der Waals surface area contributed by atoms with E-state index in [0.29, 0.717) is 22.3 Å². The normalized spacial score (nSPS) is 17.0. The van der Waals surface area contributed by atoms with Crippen molar-refractivity contribution in [1.82, 2.24) is 5.32 Å². The highest BCUT2D eigenvalue weighted by Crippen LogP contribution is 2.38. The van der Waals surface area contributed by atoms with Gasteiger partial charge in [0.25, 0.3) is 0 Å². The predicted molar refractivity (Wildman–Crippen MR) is 124 cm³/mol. The molecule has 1 aliphatic heterocycles. The first-order valence-electron chi connectivity index (χ1n) is 10.4. The van der Waals surface area contributed by atoms with Crippen molar-refractivity contribution < 1.29 is 18.8 Å². The largest absolute Gasteiger partial charge is 0.492 e. The molecule has 1 aliphatic rings. The first kappa shape index (κ1) is 23.4. The Morgan fingerprint density at radius 2 is 1.81 bits per heavy atom. The second-order valence-corrected chi connectivity index (χ2v) is 8.68. The van der Waals surface area contributed by atoms with Crippen LogP contribution in [0.3, 0.4) is 0 Å². The fraction of sp³-hybridized carbons (Fsp3) is 0.333. The minimum absolute atomic E-state index is 0.115. The lowest BCUT2D eigenvalue weighted by atomic mass is 9.76. The second kappa shape index (κ2) is 9.47. The molecule has 2 aromatic carbocycles. The molecule has 0 atom stereocenters. The molecule has 8 heteroatoms. The van der Waals surface area contributed by atoms with Crippen LogP contribution in [-0.2, 0) is 20.7 Å². The number of alkyl carbamates (subject to hydrolysis) is 1. The average Bonchev–Trinajstić information content (AvgIpc) is 2.97. The van der Waals surface area contributed by atoms with Gasteiger partial charge in [-0.15, -0.1) is 0 Å². The number of nitrogen functional groups attached to an aromatic ring is 1. The number of benzene rings is 2. The quantitative estimate of drug-likeness (QED) is 0.525. The molecule has 0 spiro atoms. The summed E-state index contributed by atoms with van der Waals surface area (Å²) in [5.74, 6) is 0. The van der Waals surface area contributed by atoms with E-state index in [2.05, 4.69) is 11.4 Å². The van der Waals surface area contributed by atoms with Gasteiger partial charge in [-0.25, -0.2) is 4.79 Å². The van der Waals surface area contributed by atoms with Gasteiger partial charge < -0.3 is 25.1 Å². The zero-order valence-electron chi connectivity index (χ0n) is 18.8. The van der Waals surface area contributed by atoms with Crippen LogP contribution in [0.1, 0.15) is 44.4 Å². The topological polar surface area (TPSA) is 107 Å². The number of anilines is 1. The van der Waals surface area contributed by atoms with E-state index in [4.69, 9.17) is 19.8 Å². The van der Waals surface area contributed by atoms with Crippen molar-refractivity contribution in [3.05, 3.63) is 70.7 Å². The molecule has 7 nitrogen and oxygen atoms in total. The first-order valence-corrected chi connectivity index (χ1v) is 10.4.